The zero-order valence-electron chi connectivity index (χ0n) is 14.5. The Morgan fingerprint density at radius 2 is 1.75 bits per heavy atom. The number of nitrogens with zero attached hydrogens (tertiary/aromatic N) is 1. The first-order valence-corrected chi connectivity index (χ1v) is 11.3. The second kappa shape index (κ2) is 9.36. The second-order valence-corrected chi connectivity index (χ2v) is 9.20. The average molecular weight is 524 g/mol. The van der Waals surface area contributed by atoms with Crippen LogP contribution in [0.3, 0.4) is 0 Å². The second-order valence-electron chi connectivity index (χ2n) is 5.77. The van der Waals surface area contributed by atoms with Gasteiger partial charge in [-0.05, 0) is 48.0 Å². The van der Waals surface area contributed by atoms with E-state index < -0.39 is 10.0 Å². The van der Waals surface area contributed by atoms with E-state index in [4.69, 9.17) is 4.74 Å². The van der Waals surface area contributed by atoms with Crippen LogP contribution in [0.1, 0.15) is 11.1 Å². The molecule has 0 heterocycles. The fourth-order valence-corrected chi connectivity index (χ4v) is 3.93. The van der Waals surface area contributed by atoms with Crippen LogP contribution in [0.4, 0.5) is 0 Å². The molecule has 1 N–H and O–H groups in total. The molecular weight excluding hydrogens is 508 g/mol. The van der Waals surface area contributed by atoms with E-state index in [2.05, 4.69) is 41.8 Å². The van der Waals surface area contributed by atoms with E-state index in [1.807, 2.05) is 36.4 Å². The molecule has 144 valence electrons. The predicted molar refractivity (Wildman–Crippen MR) is 117 cm³/mol. The maximum Gasteiger partial charge on any atom is 0.276 e. The molecule has 28 heavy (non-hydrogen) atoms. The molecule has 3 aromatic carbocycles. The molecule has 0 fully saturated rings. The van der Waals surface area contributed by atoms with Crippen LogP contribution in [0.5, 0.6) is 5.75 Å². The number of ether oxygens (including phenoxy) is 1. The van der Waals surface area contributed by atoms with Crippen LogP contribution in [0.15, 0.2) is 91.7 Å². The highest BCUT2D eigenvalue weighted by Crippen LogP contribution is 2.22. The van der Waals surface area contributed by atoms with Crippen molar-refractivity contribution in [2.45, 2.75) is 11.5 Å². The zero-order chi connectivity index (χ0) is 20.0. The summed E-state index contributed by atoms with van der Waals surface area (Å²) in [5.74, 6) is 0.649. The summed E-state index contributed by atoms with van der Waals surface area (Å²) in [6.45, 7) is 0.415. The number of hydrogen-bond acceptors (Lipinski definition) is 4. The Labute approximate surface area is 180 Å². The maximum atomic E-state index is 12.2. The lowest BCUT2D eigenvalue weighted by Gasteiger charge is -2.08. The van der Waals surface area contributed by atoms with Crippen molar-refractivity contribution < 1.29 is 13.2 Å². The fraction of sp³-hybridized carbons (Fsp3) is 0.0500. The van der Waals surface area contributed by atoms with Gasteiger partial charge >= 0.3 is 0 Å². The summed E-state index contributed by atoms with van der Waals surface area (Å²) in [5.41, 5.74) is 1.71. The van der Waals surface area contributed by atoms with E-state index in [1.165, 1.54) is 18.3 Å². The largest absolute Gasteiger partial charge is 0.489 e. The predicted octanol–water partition coefficient (Wildman–Crippen LogP) is 5.10. The minimum absolute atomic E-state index is 0.150. The lowest BCUT2D eigenvalue weighted by Crippen LogP contribution is -2.18. The molecule has 0 atom stereocenters. The summed E-state index contributed by atoms with van der Waals surface area (Å²) >= 11 is 6.87. The third kappa shape index (κ3) is 5.67. The number of sulfonamides is 1. The van der Waals surface area contributed by atoms with Crippen molar-refractivity contribution in [2.75, 3.05) is 0 Å². The van der Waals surface area contributed by atoms with E-state index in [0.717, 1.165) is 14.5 Å². The fourth-order valence-electron chi connectivity index (χ4n) is 2.32. The highest BCUT2D eigenvalue weighted by atomic mass is 79.9. The minimum Gasteiger partial charge on any atom is -0.489 e. The highest BCUT2D eigenvalue weighted by Gasteiger charge is 2.11. The molecule has 0 aliphatic carbocycles. The van der Waals surface area contributed by atoms with Crippen molar-refractivity contribution >= 4 is 48.1 Å². The Morgan fingerprint density at radius 1 is 0.964 bits per heavy atom. The van der Waals surface area contributed by atoms with Gasteiger partial charge in [-0.25, -0.2) is 4.83 Å². The van der Waals surface area contributed by atoms with E-state index in [-0.39, 0.29) is 4.90 Å². The van der Waals surface area contributed by atoms with Crippen molar-refractivity contribution in [3.63, 3.8) is 0 Å². The molecule has 8 heteroatoms. The topological polar surface area (TPSA) is 67.8 Å². The lowest BCUT2D eigenvalue weighted by molar-refractivity contribution is 0.306. The molecule has 0 aliphatic rings. The van der Waals surface area contributed by atoms with Crippen molar-refractivity contribution in [3.05, 3.63) is 92.9 Å². The van der Waals surface area contributed by atoms with Gasteiger partial charge in [0.15, 0.2) is 0 Å². The Morgan fingerprint density at radius 3 is 2.50 bits per heavy atom. The van der Waals surface area contributed by atoms with Crippen molar-refractivity contribution in [1.29, 1.82) is 0 Å². The SMILES string of the molecule is O=S(=O)(NN=Cc1cc(OCc2cccc(Br)c2)ccc1Br)c1ccccc1. The lowest BCUT2D eigenvalue weighted by atomic mass is 10.2. The van der Waals surface area contributed by atoms with Crippen LogP contribution in [0.25, 0.3) is 0 Å². The molecule has 3 aromatic rings. The number of hydrogen-bond donors (Lipinski definition) is 1. The summed E-state index contributed by atoms with van der Waals surface area (Å²) < 4.78 is 32.0. The molecule has 0 aromatic heterocycles. The van der Waals surface area contributed by atoms with Gasteiger partial charge in [0.2, 0.25) is 0 Å². The first-order chi connectivity index (χ1) is 13.4. The molecule has 0 radical (unpaired) electrons. The van der Waals surface area contributed by atoms with Gasteiger partial charge in [0.25, 0.3) is 10.0 Å². The van der Waals surface area contributed by atoms with Gasteiger partial charge in [0.05, 0.1) is 11.1 Å². The quantitative estimate of drug-likeness (QED) is 0.346. The molecule has 0 spiro atoms. The van der Waals surface area contributed by atoms with Crippen LogP contribution in [-0.4, -0.2) is 14.6 Å². The summed E-state index contributed by atoms with van der Waals surface area (Å²) in [7, 11) is -3.70. The van der Waals surface area contributed by atoms with Gasteiger partial charge in [-0.15, -0.1) is 0 Å². The molecule has 0 unspecified atom stereocenters. The summed E-state index contributed by atoms with van der Waals surface area (Å²) in [5, 5.41) is 3.87. The van der Waals surface area contributed by atoms with Crippen LogP contribution in [-0.2, 0) is 16.6 Å². The van der Waals surface area contributed by atoms with E-state index in [0.29, 0.717) is 17.9 Å². The highest BCUT2D eigenvalue weighted by molar-refractivity contribution is 9.10. The van der Waals surface area contributed by atoms with Crippen LogP contribution in [0.2, 0.25) is 0 Å². The first-order valence-electron chi connectivity index (χ1n) is 8.21. The third-order valence-corrected chi connectivity index (χ3v) is 6.15. The zero-order valence-corrected chi connectivity index (χ0v) is 18.5. The third-order valence-electron chi connectivity index (χ3n) is 3.69. The Kier molecular flexibility index (Phi) is 6.88. The van der Waals surface area contributed by atoms with Crippen LogP contribution < -0.4 is 9.57 Å². The standard InChI is InChI=1S/C20H16Br2N2O3S/c21-17-6-4-5-15(11-17)14-27-18-9-10-20(22)16(12-18)13-23-24-28(25,26)19-7-2-1-3-8-19/h1-13,24H,14H2. The van der Waals surface area contributed by atoms with Crippen LogP contribution >= 0.6 is 31.9 Å². The summed E-state index contributed by atoms with van der Waals surface area (Å²) in [4.78, 5) is 2.36. The van der Waals surface area contributed by atoms with E-state index in [9.17, 15) is 8.42 Å². The van der Waals surface area contributed by atoms with Gasteiger partial charge < -0.3 is 4.74 Å². The van der Waals surface area contributed by atoms with Gasteiger partial charge in [-0.1, -0.05) is 62.2 Å². The normalized spacial score (nSPS) is 11.5. The van der Waals surface area contributed by atoms with E-state index in [1.54, 1.807) is 24.3 Å². The smallest absolute Gasteiger partial charge is 0.276 e. The molecule has 5 nitrogen and oxygen atoms in total. The van der Waals surface area contributed by atoms with Gasteiger partial charge in [-0.2, -0.15) is 13.5 Å². The van der Waals surface area contributed by atoms with Gasteiger partial charge in [0, 0.05) is 14.5 Å². The molecule has 0 saturated carbocycles. The number of hydrazone groups is 1. The minimum atomic E-state index is -3.70. The Hall–Kier alpha value is -2.16. The number of benzene rings is 3. The summed E-state index contributed by atoms with van der Waals surface area (Å²) in [6, 6.07) is 21.4. The molecular formula is C20H16Br2N2O3S. The molecule has 0 aliphatic heterocycles. The summed E-state index contributed by atoms with van der Waals surface area (Å²) in [6.07, 6.45) is 1.43. The first kappa shape index (κ1) is 20.6. The molecule has 3 rings (SSSR count). The molecule has 0 bridgehead atoms. The number of rotatable bonds is 7. The Bertz CT molecular complexity index is 1090. The van der Waals surface area contributed by atoms with Gasteiger partial charge in [-0.3, -0.25) is 0 Å². The van der Waals surface area contributed by atoms with Crippen molar-refractivity contribution in [2.24, 2.45) is 5.10 Å². The monoisotopic (exact) mass is 522 g/mol. The van der Waals surface area contributed by atoms with Gasteiger partial charge in [0.1, 0.15) is 12.4 Å². The molecule has 0 saturated heterocycles. The Balaban J connectivity index is 1.68. The van der Waals surface area contributed by atoms with Crippen molar-refractivity contribution in [1.82, 2.24) is 4.83 Å². The number of halogens is 2. The van der Waals surface area contributed by atoms with E-state index >= 15 is 0 Å². The maximum absolute atomic E-state index is 12.2. The number of nitrogens with one attached hydrogen (secondary N) is 1. The van der Waals surface area contributed by atoms with Crippen molar-refractivity contribution in [3.8, 4) is 5.75 Å². The average Bonchev–Trinajstić information content (AvgIpc) is 2.69. The van der Waals surface area contributed by atoms with Crippen LogP contribution in [0, 0.1) is 0 Å². The molecule has 0 amide bonds.